The molecule has 0 atom stereocenters. The third-order valence-corrected chi connectivity index (χ3v) is 3.66. The highest BCUT2D eigenvalue weighted by Gasteiger charge is 2.34. The van der Waals surface area contributed by atoms with Crippen molar-refractivity contribution >= 4 is 43.6 Å². The molecule has 0 saturated carbocycles. The van der Waals surface area contributed by atoms with Gasteiger partial charge in [-0.05, 0) is 56.9 Å². The Balaban J connectivity index is 2.97. The van der Waals surface area contributed by atoms with E-state index in [0.29, 0.717) is 21.8 Å². The van der Waals surface area contributed by atoms with Crippen LogP contribution < -0.4 is 0 Å². The van der Waals surface area contributed by atoms with E-state index in [2.05, 4.69) is 31.9 Å². The van der Waals surface area contributed by atoms with E-state index in [9.17, 15) is 9.59 Å². The van der Waals surface area contributed by atoms with Gasteiger partial charge in [0.1, 0.15) is 0 Å². The summed E-state index contributed by atoms with van der Waals surface area (Å²) in [6.45, 7) is 3.82. The third-order valence-electron chi connectivity index (χ3n) is 2.49. The molecule has 0 N–H and O–H groups in total. The molecule has 17 heavy (non-hydrogen) atoms. The molecule has 1 aliphatic carbocycles. The Labute approximate surface area is 118 Å². The fourth-order valence-electron chi connectivity index (χ4n) is 1.52. The van der Waals surface area contributed by atoms with Crippen LogP contribution in [-0.2, 0) is 14.3 Å². The van der Waals surface area contributed by atoms with E-state index in [1.54, 1.807) is 12.2 Å². The van der Waals surface area contributed by atoms with Gasteiger partial charge in [-0.2, -0.15) is 0 Å². The van der Waals surface area contributed by atoms with Gasteiger partial charge in [0, 0.05) is 6.42 Å². The molecule has 3 nitrogen and oxygen atoms in total. The molecule has 0 aromatic heterocycles. The summed E-state index contributed by atoms with van der Waals surface area (Å²) in [5.74, 6) is -0.391. The minimum atomic E-state index is -0.822. The minimum absolute atomic E-state index is 0.138. The maximum Gasteiger partial charge on any atom is 0.306 e. The van der Waals surface area contributed by atoms with Gasteiger partial charge in [0.05, 0.1) is 8.96 Å². The summed E-state index contributed by atoms with van der Waals surface area (Å²) in [5.41, 5.74) is -0.822. The van der Waals surface area contributed by atoms with Gasteiger partial charge >= 0.3 is 5.97 Å². The lowest BCUT2D eigenvalue weighted by atomic mass is 9.94. The molecule has 0 radical (unpaired) electrons. The molecule has 1 rings (SSSR count). The zero-order chi connectivity index (χ0) is 13.1. The highest BCUT2D eigenvalue weighted by Crippen LogP contribution is 2.34. The van der Waals surface area contributed by atoms with E-state index in [4.69, 9.17) is 4.74 Å². The lowest BCUT2D eigenvalue weighted by Crippen LogP contribution is -2.33. The number of ketones is 1. The highest BCUT2D eigenvalue weighted by molar-refractivity contribution is 9.13. The molecule has 0 fully saturated rings. The Morgan fingerprint density at radius 1 is 1.29 bits per heavy atom. The summed E-state index contributed by atoms with van der Waals surface area (Å²) >= 11 is 6.38. The fraction of sp³-hybridized carbons (Fsp3) is 0.500. The number of allylic oxidation sites excluding steroid dienone is 2. The second-order valence-electron chi connectivity index (χ2n) is 3.85. The molecule has 0 bridgehead atoms. The molecule has 5 heteroatoms. The predicted molar refractivity (Wildman–Crippen MR) is 73.0 cm³/mol. The van der Waals surface area contributed by atoms with E-state index in [0.717, 1.165) is 6.42 Å². The largest absolute Gasteiger partial charge is 0.450 e. The smallest absolute Gasteiger partial charge is 0.306 e. The Morgan fingerprint density at radius 2 is 1.82 bits per heavy atom. The van der Waals surface area contributed by atoms with Crippen molar-refractivity contribution in [2.24, 2.45) is 0 Å². The van der Waals surface area contributed by atoms with E-state index in [1.165, 1.54) is 0 Å². The number of hydrogen-bond acceptors (Lipinski definition) is 3. The van der Waals surface area contributed by atoms with Gasteiger partial charge in [-0.15, -0.1) is 0 Å². The zero-order valence-corrected chi connectivity index (χ0v) is 12.9. The molecule has 0 unspecified atom stereocenters. The Hall–Kier alpha value is -0.420. The SMILES string of the molecule is CCCC(=O)OC1(CC)C=C(Br)C(=O)C(Br)=C1. The first-order chi connectivity index (χ1) is 7.94. The molecule has 1 aliphatic rings. The normalized spacial score (nSPS) is 18.5. The van der Waals surface area contributed by atoms with Crippen LogP contribution in [-0.4, -0.2) is 17.4 Å². The van der Waals surface area contributed by atoms with E-state index in [-0.39, 0.29) is 11.8 Å². The molecule has 0 saturated heterocycles. The average molecular weight is 366 g/mol. The molecule has 0 amide bonds. The fourth-order valence-corrected chi connectivity index (χ4v) is 2.99. The number of carbonyl (C=O) groups is 2. The summed E-state index contributed by atoms with van der Waals surface area (Å²) in [6.07, 6.45) is 5.00. The van der Waals surface area contributed by atoms with Crippen molar-refractivity contribution in [3.05, 3.63) is 21.1 Å². The van der Waals surface area contributed by atoms with Gasteiger partial charge in [0.25, 0.3) is 0 Å². The number of esters is 1. The minimum Gasteiger partial charge on any atom is -0.450 e. The van der Waals surface area contributed by atoms with Crippen LogP contribution in [0.4, 0.5) is 0 Å². The van der Waals surface area contributed by atoms with Crippen molar-refractivity contribution < 1.29 is 14.3 Å². The van der Waals surface area contributed by atoms with E-state index >= 15 is 0 Å². The topological polar surface area (TPSA) is 43.4 Å². The number of carbonyl (C=O) groups excluding carboxylic acids is 2. The summed E-state index contributed by atoms with van der Waals surface area (Å²) in [6, 6.07) is 0. The van der Waals surface area contributed by atoms with Gasteiger partial charge in [-0.25, -0.2) is 0 Å². The zero-order valence-electron chi connectivity index (χ0n) is 9.76. The molecule has 0 aromatic carbocycles. The molecule has 0 aliphatic heterocycles. The highest BCUT2D eigenvalue weighted by atomic mass is 79.9. The van der Waals surface area contributed by atoms with Crippen molar-refractivity contribution in [2.45, 2.75) is 38.7 Å². The van der Waals surface area contributed by atoms with Crippen molar-refractivity contribution in [1.82, 2.24) is 0 Å². The number of hydrogen-bond donors (Lipinski definition) is 0. The Morgan fingerprint density at radius 3 is 2.24 bits per heavy atom. The number of rotatable bonds is 4. The maximum atomic E-state index is 11.6. The Kier molecular flexibility index (Phi) is 5.13. The van der Waals surface area contributed by atoms with Crippen molar-refractivity contribution in [2.75, 3.05) is 0 Å². The molecule has 0 spiro atoms. The molecule has 0 aromatic rings. The van der Waals surface area contributed by atoms with Gasteiger partial charge in [-0.3, -0.25) is 9.59 Å². The van der Waals surface area contributed by atoms with E-state index < -0.39 is 5.60 Å². The number of halogens is 2. The number of Topliss-reactive ketones (excluding diaryl/α,β-unsaturated/α-hetero) is 1. The van der Waals surface area contributed by atoms with Crippen molar-refractivity contribution in [3.63, 3.8) is 0 Å². The first kappa shape index (κ1) is 14.6. The van der Waals surface area contributed by atoms with Gasteiger partial charge in [-0.1, -0.05) is 13.8 Å². The summed E-state index contributed by atoms with van der Waals surface area (Å²) in [7, 11) is 0. The van der Waals surface area contributed by atoms with Crippen molar-refractivity contribution in [3.8, 4) is 0 Å². The molecule has 0 heterocycles. The Bertz CT molecular complexity index is 375. The van der Waals surface area contributed by atoms with Gasteiger partial charge in [0.2, 0.25) is 5.78 Å². The third kappa shape index (κ3) is 3.52. The first-order valence-electron chi connectivity index (χ1n) is 5.47. The van der Waals surface area contributed by atoms with Crippen LogP contribution in [0.5, 0.6) is 0 Å². The summed E-state index contributed by atoms with van der Waals surface area (Å²) in [5, 5.41) is 0. The first-order valence-corrected chi connectivity index (χ1v) is 7.06. The lowest BCUT2D eigenvalue weighted by Gasteiger charge is -2.29. The van der Waals surface area contributed by atoms with Crippen LogP contribution in [0.15, 0.2) is 21.1 Å². The molecular formula is C12H14Br2O3. The quantitative estimate of drug-likeness (QED) is 0.714. The van der Waals surface area contributed by atoms with Crippen LogP contribution in [0, 0.1) is 0 Å². The van der Waals surface area contributed by atoms with Crippen LogP contribution >= 0.6 is 31.9 Å². The maximum absolute atomic E-state index is 11.6. The summed E-state index contributed by atoms with van der Waals surface area (Å²) < 4.78 is 6.28. The second-order valence-corrected chi connectivity index (χ2v) is 5.55. The average Bonchev–Trinajstić information content (AvgIpc) is 2.26. The van der Waals surface area contributed by atoms with Crippen LogP contribution in [0.1, 0.15) is 33.1 Å². The van der Waals surface area contributed by atoms with Gasteiger partial charge in [0.15, 0.2) is 5.60 Å². The predicted octanol–water partition coefficient (Wildman–Crippen LogP) is 3.62. The van der Waals surface area contributed by atoms with Crippen LogP contribution in [0.3, 0.4) is 0 Å². The van der Waals surface area contributed by atoms with Crippen molar-refractivity contribution in [1.29, 1.82) is 0 Å². The monoisotopic (exact) mass is 364 g/mol. The summed E-state index contributed by atoms with van der Waals surface area (Å²) in [4.78, 5) is 23.1. The standard InChI is InChI=1S/C12H14Br2O3/c1-3-5-10(15)17-12(4-2)6-8(13)11(16)9(14)7-12/h6-7H,3-5H2,1-2H3. The van der Waals surface area contributed by atoms with E-state index in [1.807, 2.05) is 13.8 Å². The van der Waals surface area contributed by atoms with Gasteiger partial charge < -0.3 is 4.74 Å². The van der Waals surface area contributed by atoms with Crippen LogP contribution in [0.2, 0.25) is 0 Å². The molecule has 94 valence electrons. The molecular weight excluding hydrogens is 352 g/mol. The second kappa shape index (κ2) is 5.96. The lowest BCUT2D eigenvalue weighted by molar-refractivity contribution is -0.152. The number of ether oxygens (including phenoxy) is 1. The van der Waals surface area contributed by atoms with Crippen LogP contribution in [0.25, 0.3) is 0 Å².